The van der Waals surface area contributed by atoms with E-state index in [2.05, 4.69) is 33.2 Å². The molecule has 2 rings (SSSR count). The minimum Gasteiger partial charge on any atom is -0.487 e. The van der Waals surface area contributed by atoms with E-state index in [1.54, 1.807) is 0 Å². The summed E-state index contributed by atoms with van der Waals surface area (Å²) in [5.41, 5.74) is 1.81. The number of nitrogens with one attached hydrogen (secondary N) is 1. The van der Waals surface area contributed by atoms with Gasteiger partial charge >= 0.3 is 0 Å². The molecule has 0 aliphatic rings. The van der Waals surface area contributed by atoms with Gasteiger partial charge in [0.2, 0.25) is 0 Å². The van der Waals surface area contributed by atoms with Gasteiger partial charge in [-0.2, -0.15) is 0 Å². The van der Waals surface area contributed by atoms with Crippen LogP contribution >= 0.6 is 27.5 Å². The van der Waals surface area contributed by atoms with Crippen LogP contribution in [0.2, 0.25) is 5.02 Å². The van der Waals surface area contributed by atoms with Crippen LogP contribution in [0.4, 0.5) is 5.82 Å². The van der Waals surface area contributed by atoms with Crippen molar-refractivity contribution < 1.29 is 4.74 Å². The van der Waals surface area contributed by atoms with E-state index in [0.29, 0.717) is 11.6 Å². The van der Waals surface area contributed by atoms with Crippen LogP contribution in [-0.2, 0) is 6.61 Å². The fourth-order valence-corrected chi connectivity index (χ4v) is 2.49. The second-order valence-electron chi connectivity index (χ2n) is 4.75. The van der Waals surface area contributed by atoms with Crippen molar-refractivity contribution in [2.45, 2.75) is 26.9 Å². The van der Waals surface area contributed by atoms with Gasteiger partial charge in [-0.3, -0.25) is 0 Å². The third-order valence-corrected chi connectivity index (χ3v) is 3.81. The molecule has 1 N–H and O–H groups in total. The molecule has 0 aliphatic carbocycles. The summed E-state index contributed by atoms with van der Waals surface area (Å²) in [6.45, 7) is 5.36. The molecule has 0 fully saturated rings. The van der Waals surface area contributed by atoms with Gasteiger partial charge in [-0.25, -0.2) is 4.98 Å². The van der Waals surface area contributed by atoms with Crippen LogP contribution in [0, 0.1) is 6.92 Å². The highest BCUT2D eigenvalue weighted by Gasteiger charge is 2.07. The smallest absolute Gasteiger partial charge is 0.132 e. The number of rotatable bonds is 6. The maximum Gasteiger partial charge on any atom is 0.132 e. The fraction of sp³-hybridized carbons (Fsp3) is 0.312. The zero-order chi connectivity index (χ0) is 15.2. The Morgan fingerprint density at radius 1 is 1.29 bits per heavy atom. The molecule has 0 radical (unpaired) electrons. The highest BCUT2D eigenvalue weighted by molar-refractivity contribution is 9.10. The topological polar surface area (TPSA) is 34.1 Å². The number of nitrogens with zero attached hydrogens (tertiary/aromatic N) is 1. The summed E-state index contributed by atoms with van der Waals surface area (Å²) in [4.78, 5) is 4.49. The molecule has 0 spiro atoms. The van der Waals surface area contributed by atoms with Crippen molar-refractivity contribution in [2.24, 2.45) is 0 Å². The van der Waals surface area contributed by atoms with Crippen molar-refractivity contribution in [1.29, 1.82) is 0 Å². The predicted octanol–water partition coefficient (Wildman–Crippen LogP) is 5.21. The molecule has 0 atom stereocenters. The number of aromatic nitrogens is 1. The Balaban J connectivity index is 2.08. The highest BCUT2D eigenvalue weighted by atomic mass is 79.9. The van der Waals surface area contributed by atoms with Gasteiger partial charge in [0.25, 0.3) is 0 Å². The summed E-state index contributed by atoms with van der Waals surface area (Å²) in [7, 11) is 0. The summed E-state index contributed by atoms with van der Waals surface area (Å²) in [5, 5.41) is 3.86. The zero-order valence-electron chi connectivity index (χ0n) is 12.1. The summed E-state index contributed by atoms with van der Waals surface area (Å²) >= 11 is 9.62. The molecule has 21 heavy (non-hydrogen) atoms. The number of hydrogen-bond acceptors (Lipinski definition) is 3. The lowest BCUT2D eigenvalue weighted by molar-refractivity contribution is 0.299. The van der Waals surface area contributed by atoms with E-state index in [1.807, 2.05) is 37.3 Å². The molecule has 3 nitrogen and oxygen atoms in total. The maximum absolute atomic E-state index is 6.18. The molecule has 0 unspecified atom stereocenters. The Morgan fingerprint density at radius 3 is 2.81 bits per heavy atom. The molecule has 1 heterocycles. The lowest BCUT2D eigenvalue weighted by atomic mass is 10.2. The first-order chi connectivity index (χ1) is 10.1. The summed E-state index contributed by atoms with van der Waals surface area (Å²) < 4.78 is 6.86. The van der Waals surface area contributed by atoms with Gasteiger partial charge in [0.05, 0.1) is 10.7 Å². The number of aryl methyl sites for hydroxylation is 1. The van der Waals surface area contributed by atoms with Crippen LogP contribution in [0.25, 0.3) is 0 Å². The van der Waals surface area contributed by atoms with E-state index >= 15 is 0 Å². The van der Waals surface area contributed by atoms with Crippen molar-refractivity contribution >= 4 is 33.3 Å². The van der Waals surface area contributed by atoms with Crippen molar-refractivity contribution in [3.8, 4) is 5.75 Å². The van der Waals surface area contributed by atoms with Gasteiger partial charge in [0, 0.05) is 11.0 Å². The van der Waals surface area contributed by atoms with Gasteiger partial charge in [0.1, 0.15) is 18.2 Å². The molecular weight excluding hydrogens is 352 g/mol. The standard InChI is InChI=1S/C16H18BrClN2O/c1-3-8-19-16-7-5-13(18)14(20-16)10-21-15-6-4-12(17)9-11(15)2/h4-7,9H,3,8,10H2,1-2H3,(H,19,20). The Morgan fingerprint density at radius 2 is 2.10 bits per heavy atom. The summed E-state index contributed by atoms with van der Waals surface area (Å²) in [6.07, 6.45) is 1.05. The van der Waals surface area contributed by atoms with Gasteiger partial charge < -0.3 is 10.1 Å². The third-order valence-electron chi connectivity index (χ3n) is 2.98. The van der Waals surface area contributed by atoms with E-state index in [1.165, 1.54) is 0 Å². The van der Waals surface area contributed by atoms with Crippen molar-refractivity contribution in [3.63, 3.8) is 0 Å². The van der Waals surface area contributed by atoms with Crippen LogP contribution in [0.5, 0.6) is 5.75 Å². The van der Waals surface area contributed by atoms with E-state index in [4.69, 9.17) is 16.3 Å². The van der Waals surface area contributed by atoms with Crippen LogP contribution in [0.3, 0.4) is 0 Å². The van der Waals surface area contributed by atoms with Crippen LogP contribution in [-0.4, -0.2) is 11.5 Å². The first-order valence-electron chi connectivity index (χ1n) is 6.88. The minimum atomic E-state index is 0.350. The average Bonchev–Trinajstić information content (AvgIpc) is 2.46. The molecule has 1 aromatic heterocycles. The maximum atomic E-state index is 6.18. The number of pyridine rings is 1. The van der Waals surface area contributed by atoms with E-state index < -0.39 is 0 Å². The molecule has 112 valence electrons. The van der Waals surface area contributed by atoms with Gasteiger partial charge in [0.15, 0.2) is 0 Å². The molecule has 0 saturated heterocycles. The number of hydrogen-bond donors (Lipinski definition) is 1. The van der Waals surface area contributed by atoms with Crippen LogP contribution in [0.1, 0.15) is 24.6 Å². The molecular formula is C16H18BrClN2O. The Kier molecular flexibility index (Phi) is 5.88. The second kappa shape index (κ2) is 7.66. The minimum absolute atomic E-state index is 0.350. The Bertz CT molecular complexity index is 619. The first kappa shape index (κ1) is 16.1. The zero-order valence-corrected chi connectivity index (χ0v) is 14.5. The SMILES string of the molecule is CCCNc1ccc(Cl)c(COc2ccc(Br)cc2C)n1. The molecule has 1 aromatic carbocycles. The van der Waals surface area contributed by atoms with Crippen molar-refractivity contribution in [2.75, 3.05) is 11.9 Å². The van der Waals surface area contributed by atoms with Crippen LogP contribution in [0.15, 0.2) is 34.8 Å². The lowest BCUT2D eigenvalue weighted by Gasteiger charge is -2.11. The lowest BCUT2D eigenvalue weighted by Crippen LogP contribution is -2.06. The molecule has 0 aliphatic heterocycles. The normalized spacial score (nSPS) is 10.5. The second-order valence-corrected chi connectivity index (χ2v) is 6.07. The monoisotopic (exact) mass is 368 g/mol. The number of benzene rings is 1. The fourth-order valence-electron chi connectivity index (χ4n) is 1.86. The quantitative estimate of drug-likeness (QED) is 0.759. The molecule has 0 amide bonds. The number of anilines is 1. The van der Waals surface area contributed by atoms with Crippen molar-refractivity contribution in [3.05, 3.63) is 51.1 Å². The first-order valence-corrected chi connectivity index (χ1v) is 8.05. The van der Waals surface area contributed by atoms with Crippen LogP contribution < -0.4 is 10.1 Å². The van der Waals surface area contributed by atoms with Gasteiger partial charge in [-0.05, 0) is 49.2 Å². The number of halogens is 2. The molecule has 5 heteroatoms. The Labute approximate surface area is 138 Å². The summed E-state index contributed by atoms with van der Waals surface area (Å²) in [6, 6.07) is 9.64. The predicted molar refractivity (Wildman–Crippen MR) is 91.2 cm³/mol. The Hall–Kier alpha value is -1.26. The molecule has 0 saturated carbocycles. The van der Waals surface area contributed by atoms with E-state index in [0.717, 1.165) is 40.3 Å². The summed E-state index contributed by atoms with van der Waals surface area (Å²) in [5.74, 6) is 1.66. The van der Waals surface area contributed by atoms with E-state index in [9.17, 15) is 0 Å². The molecule has 2 aromatic rings. The number of ether oxygens (including phenoxy) is 1. The average molecular weight is 370 g/mol. The largest absolute Gasteiger partial charge is 0.487 e. The van der Waals surface area contributed by atoms with E-state index in [-0.39, 0.29) is 0 Å². The van der Waals surface area contributed by atoms with Crippen molar-refractivity contribution in [1.82, 2.24) is 4.98 Å². The van der Waals surface area contributed by atoms with Gasteiger partial charge in [-0.15, -0.1) is 0 Å². The third kappa shape index (κ3) is 4.61. The van der Waals surface area contributed by atoms with Gasteiger partial charge in [-0.1, -0.05) is 34.5 Å². The highest BCUT2D eigenvalue weighted by Crippen LogP contribution is 2.24. The molecule has 0 bridgehead atoms.